The fourth-order valence-corrected chi connectivity index (χ4v) is 2.25. The summed E-state index contributed by atoms with van der Waals surface area (Å²) in [5.74, 6) is 0.504. The molecule has 0 unspecified atom stereocenters. The maximum absolute atomic E-state index is 11.6. The predicted octanol–water partition coefficient (Wildman–Crippen LogP) is 3.39. The normalized spacial score (nSPS) is 10.2. The van der Waals surface area contributed by atoms with Gasteiger partial charge in [0.15, 0.2) is 0 Å². The van der Waals surface area contributed by atoms with Crippen LogP contribution in [0.2, 0.25) is 0 Å². The quantitative estimate of drug-likeness (QED) is 0.786. The summed E-state index contributed by atoms with van der Waals surface area (Å²) in [6.07, 6.45) is 0. The number of carbonyl (C=O) groups is 1. The number of ether oxygens (including phenoxy) is 2. The van der Waals surface area contributed by atoms with Crippen molar-refractivity contribution in [2.45, 2.75) is 13.8 Å². The Bertz CT molecular complexity index is 548. The summed E-state index contributed by atoms with van der Waals surface area (Å²) >= 11 is 1.15. The van der Waals surface area contributed by atoms with Crippen LogP contribution in [-0.2, 0) is 4.74 Å². The topological polar surface area (TPSA) is 48.4 Å². The zero-order chi connectivity index (χ0) is 13.7. The van der Waals surface area contributed by atoms with Crippen molar-refractivity contribution in [3.8, 4) is 17.0 Å². The second-order valence-corrected chi connectivity index (χ2v) is 4.56. The van der Waals surface area contributed by atoms with Crippen molar-refractivity contribution in [2.24, 2.45) is 0 Å². The lowest BCUT2D eigenvalue weighted by Gasteiger charge is -2.02. The number of carbonyl (C=O) groups excluding carboxylic acids is 1. The smallest absolute Gasteiger partial charge is 0.349 e. The van der Waals surface area contributed by atoms with Crippen LogP contribution < -0.4 is 4.74 Å². The average Bonchev–Trinajstić information content (AvgIpc) is 2.90. The molecule has 100 valence electrons. The summed E-state index contributed by atoms with van der Waals surface area (Å²) in [7, 11) is 0. The second kappa shape index (κ2) is 6.33. The van der Waals surface area contributed by atoms with Gasteiger partial charge < -0.3 is 9.47 Å². The van der Waals surface area contributed by atoms with E-state index in [1.807, 2.05) is 31.2 Å². The molecule has 0 spiro atoms. The third-order valence-electron chi connectivity index (χ3n) is 2.45. The molecule has 2 rings (SSSR count). The molecular formula is C14H15NO3S. The van der Waals surface area contributed by atoms with Crippen LogP contribution >= 0.6 is 11.5 Å². The van der Waals surface area contributed by atoms with Crippen molar-refractivity contribution in [1.82, 2.24) is 4.37 Å². The predicted molar refractivity (Wildman–Crippen MR) is 74.7 cm³/mol. The monoisotopic (exact) mass is 277 g/mol. The lowest BCUT2D eigenvalue weighted by Crippen LogP contribution is -2.01. The number of hydrogen-bond acceptors (Lipinski definition) is 5. The minimum absolute atomic E-state index is 0.322. The zero-order valence-corrected chi connectivity index (χ0v) is 11.7. The van der Waals surface area contributed by atoms with Crippen LogP contribution in [0.5, 0.6) is 5.75 Å². The van der Waals surface area contributed by atoms with Crippen LogP contribution in [0.4, 0.5) is 0 Å². The molecule has 0 bridgehead atoms. The van der Waals surface area contributed by atoms with Crippen LogP contribution in [0.15, 0.2) is 30.3 Å². The lowest BCUT2D eigenvalue weighted by molar-refractivity contribution is 0.0532. The number of rotatable bonds is 5. The van der Waals surface area contributed by atoms with Crippen molar-refractivity contribution < 1.29 is 14.3 Å². The van der Waals surface area contributed by atoms with Crippen molar-refractivity contribution in [3.05, 3.63) is 35.2 Å². The van der Waals surface area contributed by atoms with Crippen molar-refractivity contribution in [2.75, 3.05) is 13.2 Å². The van der Waals surface area contributed by atoms with E-state index in [1.54, 1.807) is 13.0 Å². The molecule has 4 nitrogen and oxygen atoms in total. The first-order valence-electron chi connectivity index (χ1n) is 6.11. The second-order valence-electron chi connectivity index (χ2n) is 3.75. The first kappa shape index (κ1) is 13.5. The number of hydrogen-bond donors (Lipinski definition) is 0. The fraction of sp³-hybridized carbons (Fsp3) is 0.286. The summed E-state index contributed by atoms with van der Waals surface area (Å²) in [4.78, 5) is 12.1. The van der Waals surface area contributed by atoms with E-state index in [9.17, 15) is 4.79 Å². The van der Waals surface area contributed by atoms with Gasteiger partial charge in [-0.15, -0.1) is 0 Å². The van der Waals surface area contributed by atoms with Gasteiger partial charge >= 0.3 is 5.97 Å². The van der Waals surface area contributed by atoms with Gasteiger partial charge in [0.1, 0.15) is 10.6 Å². The van der Waals surface area contributed by atoms with Crippen LogP contribution in [0.1, 0.15) is 23.5 Å². The van der Waals surface area contributed by atoms with E-state index >= 15 is 0 Å². The first-order chi connectivity index (χ1) is 9.24. The van der Waals surface area contributed by atoms with E-state index in [0.29, 0.717) is 18.1 Å². The molecule has 0 fully saturated rings. The molecule has 1 aromatic heterocycles. The molecule has 0 radical (unpaired) electrons. The molecule has 0 saturated heterocycles. The highest BCUT2D eigenvalue weighted by Gasteiger charge is 2.12. The highest BCUT2D eigenvalue weighted by Crippen LogP contribution is 2.24. The molecule has 19 heavy (non-hydrogen) atoms. The third-order valence-corrected chi connectivity index (χ3v) is 3.22. The van der Waals surface area contributed by atoms with Gasteiger partial charge in [0.2, 0.25) is 0 Å². The van der Waals surface area contributed by atoms with E-state index in [4.69, 9.17) is 9.47 Å². The van der Waals surface area contributed by atoms with Gasteiger partial charge in [0.25, 0.3) is 0 Å². The Morgan fingerprint density at radius 1 is 1.21 bits per heavy atom. The van der Waals surface area contributed by atoms with Crippen molar-refractivity contribution in [3.63, 3.8) is 0 Å². The minimum atomic E-state index is -0.322. The molecule has 0 atom stereocenters. The molecule has 0 aliphatic heterocycles. The molecule has 5 heteroatoms. The van der Waals surface area contributed by atoms with Gasteiger partial charge in [-0.1, -0.05) is 0 Å². The maximum atomic E-state index is 11.6. The van der Waals surface area contributed by atoms with Crippen LogP contribution in [0, 0.1) is 0 Å². The van der Waals surface area contributed by atoms with Crippen LogP contribution in [0.25, 0.3) is 11.3 Å². The number of aromatic nitrogens is 1. The zero-order valence-electron chi connectivity index (χ0n) is 10.9. The van der Waals surface area contributed by atoms with E-state index in [1.165, 1.54) is 0 Å². The van der Waals surface area contributed by atoms with E-state index in [0.717, 1.165) is 28.5 Å². The number of nitrogens with zero attached hydrogens (tertiary/aromatic N) is 1. The van der Waals surface area contributed by atoms with E-state index < -0.39 is 0 Å². The first-order valence-corrected chi connectivity index (χ1v) is 6.89. The number of benzene rings is 1. The Hall–Kier alpha value is -1.88. The summed E-state index contributed by atoms with van der Waals surface area (Å²) in [6, 6.07) is 9.38. The lowest BCUT2D eigenvalue weighted by atomic mass is 10.1. The van der Waals surface area contributed by atoms with Gasteiger partial charge in [0, 0.05) is 5.56 Å². The number of esters is 1. The summed E-state index contributed by atoms with van der Waals surface area (Å²) in [6.45, 7) is 4.74. The van der Waals surface area contributed by atoms with E-state index in [-0.39, 0.29) is 5.97 Å². The minimum Gasteiger partial charge on any atom is -0.494 e. The van der Waals surface area contributed by atoms with E-state index in [2.05, 4.69) is 4.37 Å². The standard InChI is InChI=1S/C14H15NO3S/c1-3-17-11-7-5-10(6-8-11)12-9-13(19-15-12)14(16)18-4-2/h5-9H,3-4H2,1-2H3. The van der Waals surface area contributed by atoms with Gasteiger partial charge in [-0.25, -0.2) is 4.79 Å². The molecule has 0 amide bonds. The van der Waals surface area contributed by atoms with Gasteiger partial charge in [0.05, 0.1) is 18.9 Å². The van der Waals surface area contributed by atoms with Crippen molar-refractivity contribution in [1.29, 1.82) is 0 Å². The maximum Gasteiger partial charge on any atom is 0.349 e. The highest BCUT2D eigenvalue weighted by atomic mass is 32.1. The molecular weight excluding hydrogens is 262 g/mol. The average molecular weight is 277 g/mol. The van der Waals surface area contributed by atoms with Gasteiger partial charge in [-0.3, -0.25) is 0 Å². The van der Waals surface area contributed by atoms with Crippen LogP contribution in [0.3, 0.4) is 0 Å². The molecule has 0 aliphatic carbocycles. The Balaban J connectivity index is 2.15. The van der Waals surface area contributed by atoms with Gasteiger partial charge in [-0.2, -0.15) is 4.37 Å². The summed E-state index contributed by atoms with van der Waals surface area (Å²) in [5.41, 5.74) is 1.73. The Labute approximate surface area is 116 Å². The largest absolute Gasteiger partial charge is 0.494 e. The van der Waals surface area contributed by atoms with Crippen molar-refractivity contribution >= 4 is 17.5 Å². The molecule has 1 heterocycles. The Kier molecular flexibility index (Phi) is 4.52. The van der Waals surface area contributed by atoms with Crippen LogP contribution in [-0.4, -0.2) is 23.6 Å². The van der Waals surface area contributed by atoms with Gasteiger partial charge in [-0.05, 0) is 55.7 Å². The molecule has 0 saturated carbocycles. The molecule has 0 aliphatic rings. The summed E-state index contributed by atoms with van der Waals surface area (Å²) < 4.78 is 14.6. The SMILES string of the molecule is CCOC(=O)c1cc(-c2ccc(OCC)cc2)ns1. The molecule has 1 aromatic carbocycles. The third kappa shape index (κ3) is 3.32. The Morgan fingerprint density at radius 2 is 1.95 bits per heavy atom. The fourth-order valence-electron chi connectivity index (χ4n) is 1.60. The Morgan fingerprint density at radius 3 is 2.58 bits per heavy atom. The highest BCUT2D eigenvalue weighted by molar-refractivity contribution is 7.08. The summed E-state index contributed by atoms with van der Waals surface area (Å²) in [5, 5.41) is 0. The molecule has 0 N–H and O–H groups in total. The molecule has 2 aromatic rings.